The van der Waals surface area contributed by atoms with E-state index in [1.54, 1.807) is 25.3 Å². The molecule has 8 heteroatoms. The Morgan fingerprint density at radius 3 is 2.62 bits per heavy atom. The van der Waals surface area contributed by atoms with Gasteiger partial charge in [-0.1, -0.05) is 6.07 Å². The van der Waals surface area contributed by atoms with Gasteiger partial charge in [-0.25, -0.2) is 9.37 Å². The maximum atomic E-state index is 13.8. The van der Waals surface area contributed by atoms with E-state index in [1.165, 1.54) is 13.2 Å². The predicted octanol–water partition coefficient (Wildman–Crippen LogP) is 2.19. The predicted molar refractivity (Wildman–Crippen MR) is 93.1 cm³/mol. The molecular formula is C18H22FN3O4. The van der Waals surface area contributed by atoms with Crippen molar-refractivity contribution in [2.24, 2.45) is 0 Å². The van der Waals surface area contributed by atoms with Gasteiger partial charge in [-0.15, -0.1) is 0 Å². The van der Waals surface area contributed by atoms with Crippen LogP contribution in [0.5, 0.6) is 11.6 Å². The molecule has 2 aromatic rings. The largest absolute Gasteiger partial charge is 0.494 e. The third kappa shape index (κ3) is 4.59. The highest BCUT2D eigenvalue weighted by Gasteiger charge is 2.16. The molecule has 2 heterocycles. The molecule has 0 spiro atoms. The van der Waals surface area contributed by atoms with Crippen LogP contribution in [0.15, 0.2) is 24.3 Å². The van der Waals surface area contributed by atoms with Crippen LogP contribution in [0.3, 0.4) is 0 Å². The van der Waals surface area contributed by atoms with Crippen molar-refractivity contribution >= 4 is 5.95 Å². The van der Waals surface area contributed by atoms with Gasteiger partial charge in [-0.05, 0) is 17.7 Å². The lowest BCUT2D eigenvalue weighted by Crippen LogP contribution is -2.37. The number of benzene rings is 1. The number of morpholine rings is 1. The molecule has 1 aliphatic rings. The normalized spacial score (nSPS) is 14.3. The Labute approximate surface area is 151 Å². The lowest BCUT2D eigenvalue weighted by molar-refractivity contribution is 0.121. The molecule has 26 heavy (non-hydrogen) atoms. The molecule has 1 fully saturated rings. The number of ether oxygens (including phenoxy) is 4. The fourth-order valence-corrected chi connectivity index (χ4v) is 2.62. The second kappa shape index (κ2) is 8.77. The van der Waals surface area contributed by atoms with Gasteiger partial charge in [-0.3, -0.25) is 0 Å². The highest BCUT2D eigenvalue weighted by Crippen LogP contribution is 2.21. The first-order valence-corrected chi connectivity index (χ1v) is 8.34. The molecule has 1 aliphatic heterocycles. The minimum absolute atomic E-state index is 0.187. The van der Waals surface area contributed by atoms with Crippen LogP contribution in [-0.4, -0.2) is 50.5 Å². The second-order valence-corrected chi connectivity index (χ2v) is 5.79. The van der Waals surface area contributed by atoms with Gasteiger partial charge in [0.1, 0.15) is 6.61 Å². The van der Waals surface area contributed by atoms with Crippen molar-refractivity contribution < 1.29 is 23.3 Å². The van der Waals surface area contributed by atoms with Gasteiger partial charge in [0.05, 0.1) is 32.6 Å². The van der Waals surface area contributed by atoms with Crippen molar-refractivity contribution in [2.75, 3.05) is 45.4 Å². The summed E-state index contributed by atoms with van der Waals surface area (Å²) in [4.78, 5) is 11.0. The molecule has 0 radical (unpaired) electrons. The number of nitrogens with zero attached hydrogens (tertiary/aromatic N) is 3. The zero-order valence-corrected chi connectivity index (χ0v) is 14.9. The van der Waals surface area contributed by atoms with Gasteiger partial charge >= 0.3 is 0 Å². The van der Waals surface area contributed by atoms with E-state index in [0.29, 0.717) is 37.2 Å². The maximum absolute atomic E-state index is 13.8. The second-order valence-electron chi connectivity index (χ2n) is 5.79. The van der Waals surface area contributed by atoms with Gasteiger partial charge in [0, 0.05) is 26.3 Å². The molecule has 1 aromatic carbocycles. The minimum Gasteiger partial charge on any atom is -0.494 e. The molecular weight excluding hydrogens is 341 g/mol. The summed E-state index contributed by atoms with van der Waals surface area (Å²) in [7, 11) is 3.04. The summed E-state index contributed by atoms with van der Waals surface area (Å²) in [6.45, 7) is 3.26. The van der Waals surface area contributed by atoms with E-state index >= 15 is 0 Å². The third-order valence-electron chi connectivity index (χ3n) is 3.93. The van der Waals surface area contributed by atoms with E-state index in [4.69, 9.17) is 18.9 Å². The summed E-state index contributed by atoms with van der Waals surface area (Å²) in [5, 5.41) is 0. The van der Waals surface area contributed by atoms with Crippen LogP contribution in [0.25, 0.3) is 0 Å². The van der Waals surface area contributed by atoms with E-state index < -0.39 is 5.82 Å². The van der Waals surface area contributed by atoms with E-state index in [-0.39, 0.29) is 12.4 Å². The Morgan fingerprint density at radius 2 is 1.92 bits per heavy atom. The number of hydrogen-bond acceptors (Lipinski definition) is 7. The van der Waals surface area contributed by atoms with E-state index in [1.807, 2.05) is 4.90 Å². The quantitative estimate of drug-likeness (QED) is 0.747. The van der Waals surface area contributed by atoms with Crippen LogP contribution in [0.1, 0.15) is 11.3 Å². The summed E-state index contributed by atoms with van der Waals surface area (Å²) in [6, 6.07) is 6.44. The van der Waals surface area contributed by atoms with Gasteiger partial charge in [-0.2, -0.15) is 4.98 Å². The van der Waals surface area contributed by atoms with Gasteiger partial charge in [0.2, 0.25) is 11.8 Å². The van der Waals surface area contributed by atoms with Crippen LogP contribution < -0.4 is 14.4 Å². The molecule has 0 atom stereocenters. The van der Waals surface area contributed by atoms with Gasteiger partial charge < -0.3 is 23.8 Å². The molecule has 0 N–H and O–H groups in total. The van der Waals surface area contributed by atoms with Crippen molar-refractivity contribution in [3.05, 3.63) is 41.3 Å². The smallest absolute Gasteiger partial charge is 0.229 e. The summed E-state index contributed by atoms with van der Waals surface area (Å²) in [5.74, 6) is 0.779. The standard InChI is InChI=1S/C18H22FN3O4/c1-23-12-14-10-17(21-18(20-14)22-5-7-25-8-6-22)26-11-13-3-4-16(24-2)15(19)9-13/h3-4,9-10H,5-8,11-12H2,1-2H3. The number of halogens is 1. The zero-order valence-electron chi connectivity index (χ0n) is 14.9. The first-order chi connectivity index (χ1) is 12.7. The lowest BCUT2D eigenvalue weighted by atomic mass is 10.2. The molecule has 7 nitrogen and oxygen atoms in total. The molecule has 1 aromatic heterocycles. The number of hydrogen-bond donors (Lipinski definition) is 0. The Hall–Kier alpha value is -2.45. The van der Waals surface area contributed by atoms with Gasteiger partial charge in [0.25, 0.3) is 0 Å². The summed E-state index contributed by atoms with van der Waals surface area (Å²) in [5.41, 5.74) is 1.41. The Kier molecular flexibility index (Phi) is 6.19. The average Bonchev–Trinajstić information content (AvgIpc) is 2.67. The highest BCUT2D eigenvalue weighted by atomic mass is 19.1. The summed E-state index contributed by atoms with van der Waals surface area (Å²) >= 11 is 0. The fraction of sp³-hybridized carbons (Fsp3) is 0.444. The van der Waals surface area contributed by atoms with Crippen molar-refractivity contribution in [1.82, 2.24) is 9.97 Å². The van der Waals surface area contributed by atoms with Gasteiger partial charge in [0.15, 0.2) is 11.6 Å². The number of aromatic nitrogens is 2. The zero-order chi connectivity index (χ0) is 18.4. The van der Waals surface area contributed by atoms with Crippen LogP contribution >= 0.6 is 0 Å². The molecule has 0 unspecified atom stereocenters. The average molecular weight is 363 g/mol. The number of methoxy groups -OCH3 is 2. The van der Waals surface area contributed by atoms with Crippen LogP contribution in [0, 0.1) is 5.82 Å². The minimum atomic E-state index is -0.426. The maximum Gasteiger partial charge on any atom is 0.229 e. The summed E-state index contributed by atoms with van der Waals surface area (Å²) in [6.07, 6.45) is 0. The first-order valence-electron chi connectivity index (χ1n) is 8.34. The Bertz CT molecular complexity index is 738. The Balaban J connectivity index is 1.75. The molecule has 140 valence electrons. The monoisotopic (exact) mass is 363 g/mol. The number of anilines is 1. The van der Waals surface area contributed by atoms with Crippen LogP contribution in [0.2, 0.25) is 0 Å². The van der Waals surface area contributed by atoms with Crippen LogP contribution in [0.4, 0.5) is 10.3 Å². The van der Waals surface area contributed by atoms with Crippen LogP contribution in [-0.2, 0) is 22.7 Å². The Morgan fingerprint density at radius 1 is 1.12 bits per heavy atom. The highest BCUT2D eigenvalue weighted by molar-refractivity contribution is 5.35. The van der Waals surface area contributed by atoms with Crippen molar-refractivity contribution in [2.45, 2.75) is 13.2 Å². The molecule has 1 saturated heterocycles. The van der Waals surface area contributed by atoms with Crippen molar-refractivity contribution in [3.63, 3.8) is 0 Å². The van der Waals surface area contributed by atoms with Crippen molar-refractivity contribution in [1.29, 1.82) is 0 Å². The summed E-state index contributed by atoms with van der Waals surface area (Å²) < 4.78 is 35.0. The number of rotatable bonds is 7. The third-order valence-corrected chi connectivity index (χ3v) is 3.93. The molecule has 0 amide bonds. The SMILES string of the molecule is COCc1cc(OCc2ccc(OC)c(F)c2)nc(N2CCOCC2)n1. The topological polar surface area (TPSA) is 65.9 Å². The van der Waals surface area contributed by atoms with Crippen molar-refractivity contribution in [3.8, 4) is 11.6 Å². The first kappa shape index (κ1) is 18.3. The fourth-order valence-electron chi connectivity index (χ4n) is 2.62. The van der Waals surface area contributed by atoms with E-state index in [9.17, 15) is 4.39 Å². The lowest BCUT2D eigenvalue weighted by Gasteiger charge is -2.27. The molecule has 0 aliphatic carbocycles. The molecule has 0 saturated carbocycles. The van der Waals surface area contributed by atoms with E-state index in [2.05, 4.69) is 9.97 Å². The molecule has 0 bridgehead atoms. The van der Waals surface area contributed by atoms with E-state index in [0.717, 1.165) is 18.8 Å². The molecule has 3 rings (SSSR count).